The van der Waals surface area contributed by atoms with E-state index in [-0.39, 0.29) is 6.79 Å². The minimum Gasteiger partial charge on any atom is -0.467 e. The molecule has 0 saturated carbocycles. The lowest BCUT2D eigenvalue weighted by atomic mass is 9.97. The molecule has 0 bridgehead atoms. The second-order valence-corrected chi connectivity index (χ2v) is 4.45. The second kappa shape index (κ2) is 4.86. The molecular weight excluding hydrogens is 236 g/mol. The fourth-order valence-corrected chi connectivity index (χ4v) is 1.81. The molecule has 0 aromatic heterocycles. The summed E-state index contributed by atoms with van der Waals surface area (Å²) in [6.45, 7) is 1.68. The van der Waals surface area contributed by atoms with Crippen molar-refractivity contribution in [3.8, 4) is 11.5 Å². The molecule has 0 fully saturated rings. The zero-order valence-electron chi connectivity index (χ0n) is 10.4. The molecule has 98 valence electrons. The molecule has 5 heteroatoms. The number of hydrogen-bond acceptors (Lipinski definition) is 5. The number of methoxy groups -OCH3 is 1. The molecule has 1 atom stereocenters. The Morgan fingerprint density at radius 1 is 1.44 bits per heavy atom. The number of hydrogen-bond donors (Lipinski definition) is 1. The Balaban J connectivity index is 2.00. The monoisotopic (exact) mass is 252 g/mol. The molecule has 1 unspecified atom stereocenters. The first kappa shape index (κ1) is 12.7. The maximum Gasteiger partial charge on any atom is 0.337 e. The predicted molar refractivity (Wildman–Crippen MR) is 63.5 cm³/mol. The lowest BCUT2D eigenvalue weighted by Crippen LogP contribution is -2.36. The van der Waals surface area contributed by atoms with Crippen molar-refractivity contribution >= 4 is 5.97 Å². The van der Waals surface area contributed by atoms with Crippen LogP contribution >= 0.6 is 0 Å². The van der Waals surface area contributed by atoms with Crippen LogP contribution in [0.15, 0.2) is 18.2 Å². The normalized spacial score (nSPS) is 16.2. The first-order valence-electron chi connectivity index (χ1n) is 5.72. The van der Waals surface area contributed by atoms with Crippen molar-refractivity contribution in [2.24, 2.45) is 0 Å². The van der Waals surface area contributed by atoms with Crippen molar-refractivity contribution in [1.29, 1.82) is 0 Å². The Morgan fingerprint density at radius 3 is 2.89 bits per heavy atom. The van der Waals surface area contributed by atoms with Crippen LogP contribution in [0.5, 0.6) is 11.5 Å². The van der Waals surface area contributed by atoms with Crippen LogP contribution in [0.1, 0.15) is 18.9 Å². The van der Waals surface area contributed by atoms with E-state index in [1.54, 1.807) is 0 Å². The first-order valence-corrected chi connectivity index (χ1v) is 5.72. The number of aliphatic hydroxyl groups is 1. The van der Waals surface area contributed by atoms with Gasteiger partial charge in [-0.15, -0.1) is 0 Å². The average Bonchev–Trinajstić information content (AvgIpc) is 2.82. The van der Waals surface area contributed by atoms with Gasteiger partial charge in [-0.3, -0.25) is 0 Å². The Hall–Kier alpha value is -1.75. The number of rotatable bonds is 4. The Morgan fingerprint density at radius 2 is 2.17 bits per heavy atom. The molecule has 0 amide bonds. The number of benzene rings is 1. The van der Waals surface area contributed by atoms with Crippen molar-refractivity contribution in [3.05, 3.63) is 23.8 Å². The molecule has 1 N–H and O–H groups in total. The minimum absolute atomic E-state index is 0.235. The largest absolute Gasteiger partial charge is 0.467 e. The number of carbonyl (C=O) groups is 1. The summed E-state index contributed by atoms with van der Waals surface area (Å²) in [7, 11) is 1.26. The zero-order chi connectivity index (χ0) is 13.2. The van der Waals surface area contributed by atoms with Crippen LogP contribution in [0, 0.1) is 0 Å². The minimum atomic E-state index is -1.47. The molecule has 1 heterocycles. The van der Waals surface area contributed by atoms with E-state index >= 15 is 0 Å². The van der Waals surface area contributed by atoms with E-state index in [1.165, 1.54) is 14.0 Å². The van der Waals surface area contributed by atoms with Gasteiger partial charge in [0.25, 0.3) is 0 Å². The van der Waals surface area contributed by atoms with E-state index in [9.17, 15) is 9.90 Å². The fraction of sp³-hybridized carbons (Fsp3) is 0.462. The van der Waals surface area contributed by atoms with Gasteiger partial charge in [0.2, 0.25) is 6.79 Å². The van der Waals surface area contributed by atoms with Crippen LogP contribution in [0.25, 0.3) is 0 Å². The highest BCUT2D eigenvalue weighted by Crippen LogP contribution is 2.33. The van der Waals surface area contributed by atoms with Crippen molar-refractivity contribution in [1.82, 2.24) is 0 Å². The van der Waals surface area contributed by atoms with E-state index in [2.05, 4.69) is 4.74 Å². The zero-order valence-corrected chi connectivity index (χ0v) is 10.4. The summed E-state index contributed by atoms with van der Waals surface area (Å²) >= 11 is 0. The standard InChI is InChI=1S/C13H16O5/c1-13(15,12(14)16-2)6-5-9-3-4-10-11(7-9)18-8-17-10/h3-4,7,15H,5-6,8H2,1-2H3. The number of ether oxygens (including phenoxy) is 3. The van der Waals surface area contributed by atoms with Gasteiger partial charge < -0.3 is 19.3 Å². The van der Waals surface area contributed by atoms with Gasteiger partial charge in [-0.2, -0.15) is 0 Å². The third-order valence-electron chi connectivity index (χ3n) is 2.96. The van der Waals surface area contributed by atoms with Crippen LogP contribution in [0.2, 0.25) is 0 Å². The highest BCUT2D eigenvalue weighted by molar-refractivity contribution is 5.78. The number of esters is 1. The maximum atomic E-state index is 11.3. The Labute approximate surface area is 105 Å². The summed E-state index contributed by atoms with van der Waals surface area (Å²) in [5, 5.41) is 9.91. The molecule has 0 aliphatic carbocycles. The third-order valence-corrected chi connectivity index (χ3v) is 2.96. The van der Waals surface area contributed by atoms with Crippen LogP contribution in [-0.4, -0.2) is 30.6 Å². The van der Waals surface area contributed by atoms with Gasteiger partial charge in [0.15, 0.2) is 17.1 Å². The third kappa shape index (κ3) is 2.56. The smallest absolute Gasteiger partial charge is 0.337 e. The molecule has 1 aliphatic rings. The molecule has 1 aromatic rings. The summed E-state index contributed by atoms with van der Waals surface area (Å²) < 4.78 is 15.0. The van der Waals surface area contributed by atoms with E-state index in [0.717, 1.165) is 11.3 Å². The number of carbonyl (C=O) groups excluding carboxylic acids is 1. The van der Waals surface area contributed by atoms with E-state index in [1.807, 2.05) is 18.2 Å². The SMILES string of the molecule is COC(=O)C(C)(O)CCc1ccc2c(c1)OCO2. The molecule has 0 radical (unpaired) electrons. The van der Waals surface area contributed by atoms with E-state index in [0.29, 0.717) is 18.6 Å². The van der Waals surface area contributed by atoms with E-state index in [4.69, 9.17) is 9.47 Å². The quantitative estimate of drug-likeness (QED) is 0.817. The van der Waals surface area contributed by atoms with Crippen molar-refractivity contribution in [2.75, 3.05) is 13.9 Å². The molecule has 1 aliphatic heterocycles. The maximum absolute atomic E-state index is 11.3. The van der Waals surface area contributed by atoms with Gasteiger partial charge >= 0.3 is 5.97 Å². The second-order valence-electron chi connectivity index (χ2n) is 4.45. The van der Waals surface area contributed by atoms with Crippen LogP contribution in [0.3, 0.4) is 0 Å². The molecule has 18 heavy (non-hydrogen) atoms. The van der Waals surface area contributed by atoms with Crippen molar-refractivity contribution in [2.45, 2.75) is 25.4 Å². The van der Waals surface area contributed by atoms with Gasteiger partial charge in [-0.25, -0.2) is 4.79 Å². The molecule has 1 aromatic carbocycles. The summed E-state index contributed by atoms with van der Waals surface area (Å²) in [4.78, 5) is 11.3. The highest BCUT2D eigenvalue weighted by atomic mass is 16.7. The summed E-state index contributed by atoms with van der Waals surface area (Å²) in [6, 6.07) is 5.57. The average molecular weight is 252 g/mol. The molecule has 2 rings (SSSR count). The van der Waals surface area contributed by atoms with Crippen LogP contribution in [-0.2, 0) is 16.0 Å². The van der Waals surface area contributed by atoms with Gasteiger partial charge in [0.05, 0.1) is 7.11 Å². The Bertz CT molecular complexity index is 453. The van der Waals surface area contributed by atoms with Crippen molar-refractivity contribution < 1.29 is 24.1 Å². The topological polar surface area (TPSA) is 65.0 Å². The molecule has 0 saturated heterocycles. The summed E-state index contributed by atoms with van der Waals surface area (Å²) in [5.41, 5.74) is -0.492. The summed E-state index contributed by atoms with van der Waals surface area (Å²) in [5.74, 6) is 0.798. The molecule has 0 spiro atoms. The fourth-order valence-electron chi connectivity index (χ4n) is 1.81. The Kier molecular flexibility index (Phi) is 3.43. The summed E-state index contributed by atoms with van der Waals surface area (Å²) in [6.07, 6.45) is 0.845. The van der Waals surface area contributed by atoms with E-state index < -0.39 is 11.6 Å². The van der Waals surface area contributed by atoms with Gasteiger partial charge in [0, 0.05) is 0 Å². The number of fused-ring (bicyclic) bond motifs is 1. The van der Waals surface area contributed by atoms with Crippen LogP contribution < -0.4 is 9.47 Å². The van der Waals surface area contributed by atoms with Gasteiger partial charge in [-0.1, -0.05) is 6.07 Å². The van der Waals surface area contributed by atoms with Gasteiger partial charge in [-0.05, 0) is 37.5 Å². The predicted octanol–water partition coefficient (Wildman–Crippen LogP) is 1.27. The number of aryl methyl sites for hydroxylation is 1. The lowest BCUT2D eigenvalue weighted by molar-refractivity contribution is -0.161. The van der Waals surface area contributed by atoms with Crippen LogP contribution in [0.4, 0.5) is 0 Å². The van der Waals surface area contributed by atoms with Gasteiger partial charge in [0.1, 0.15) is 0 Å². The first-order chi connectivity index (χ1) is 8.53. The highest BCUT2D eigenvalue weighted by Gasteiger charge is 2.30. The molecular formula is C13H16O5. The molecule has 5 nitrogen and oxygen atoms in total. The lowest BCUT2D eigenvalue weighted by Gasteiger charge is -2.19. The van der Waals surface area contributed by atoms with Crippen molar-refractivity contribution in [3.63, 3.8) is 0 Å².